The molecule has 2 rings (SSSR count). The van der Waals surface area contributed by atoms with Gasteiger partial charge in [-0.25, -0.2) is 4.98 Å². The molecule has 0 fully saturated rings. The molecule has 2 N–H and O–H groups in total. The largest absolute Gasteiger partial charge is 0.366 e. The Kier molecular flexibility index (Phi) is 2.64. The highest BCUT2D eigenvalue weighted by molar-refractivity contribution is 5.93. The number of hydrogen-bond acceptors (Lipinski definition) is 3. The molecule has 0 aliphatic heterocycles. The molecule has 0 saturated carbocycles. The zero-order valence-electron chi connectivity index (χ0n) is 8.84. The standard InChI is InChI=1S/C12H11N3O/c1-8-6-14-7-11(15-8)9-3-2-4-10(5-9)12(13)16/h2-7H,1H3,(H2,13,16). The zero-order chi connectivity index (χ0) is 11.5. The van der Waals surface area contributed by atoms with Gasteiger partial charge in [-0.05, 0) is 19.1 Å². The van der Waals surface area contributed by atoms with Crippen LogP contribution in [0.5, 0.6) is 0 Å². The van der Waals surface area contributed by atoms with Gasteiger partial charge in [0.05, 0.1) is 17.6 Å². The van der Waals surface area contributed by atoms with Gasteiger partial charge in [0.15, 0.2) is 0 Å². The normalized spacial score (nSPS) is 10.1. The topological polar surface area (TPSA) is 68.9 Å². The van der Waals surface area contributed by atoms with Crippen molar-refractivity contribution in [2.45, 2.75) is 6.92 Å². The molecule has 0 radical (unpaired) electrons. The molecule has 1 amide bonds. The zero-order valence-corrected chi connectivity index (χ0v) is 8.84. The minimum absolute atomic E-state index is 0.442. The Labute approximate surface area is 93.2 Å². The van der Waals surface area contributed by atoms with Crippen LogP contribution in [0.3, 0.4) is 0 Å². The Morgan fingerprint density at radius 2 is 2.12 bits per heavy atom. The number of primary amides is 1. The van der Waals surface area contributed by atoms with Crippen LogP contribution in [-0.4, -0.2) is 15.9 Å². The third-order valence-electron chi connectivity index (χ3n) is 2.20. The van der Waals surface area contributed by atoms with Crippen molar-refractivity contribution in [2.24, 2.45) is 5.73 Å². The molecule has 80 valence electrons. The van der Waals surface area contributed by atoms with Crippen LogP contribution in [0.2, 0.25) is 0 Å². The number of aryl methyl sites for hydroxylation is 1. The highest BCUT2D eigenvalue weighted by Gasteiger charge is 2.04. The molecular weight excluding hydrogens is 202 g/mol. The number of carbonyl (C=O) groups excluding carboxylic acids is 1. The minimum Gasteiger partial charge on any atom is -0.366 e. The van der Waals surface area contributed by atoms with E-state index >= 15 is 0 Å². The first-order valence-corrected chi connectivity index (χ1v) is 4.86. The maximum Gasteiger partial charge on any atom is 0.248 e. The third kappa shape index (κ3) is 2.06. The molecule has 0 aliphatic carbocycles. The lowest BCUT2D eigenvalue weighted by Gasteiger charge is -2.02. The van der Waals surface area contributed by atoms with Crippen molar-refractivity contribution in [3.63, 3.8) is 0 Å². The van der Waals surface area contributed by atoms with Gasteiger partial charge in [0.25, 0.3) is 0 Å². The summed E-state index contributed by atoms with van der Waals surface area (Å²) in [6, 6.07) is 7.04. The molecule has 16 heavy (non-hydrogen) atoms. The van der Waals surface area contributed by atoms with Crippen molar-refractivity contribution in [1.29, 1.82) is 0 Å². The molecule has 0 unspecified atom stereocenters. The number of amides is 1. The summed E-state index contributed by atoms with van der Waals surface area (Å²) >= 11 is 0. The fourth-order valence-corrected chi connectivity index (χ4v) is 1.43. The molecule has 0 aliphatic rings. The quantitative estimate of drug-likeness (QED) is 0.822. The average Bonchev–Trinajstić information content (AvgIpc) is 2.29. The van der Waals surface area contributed by atoms with Crippen molar-refractivity contribution in [2.75, 3.05) is 0 Å². The lowest BCUT2D eigenvalue weighted by Crippen LogP contribution is -2.10. The first-order chi connectivity index (χ1) is 7.66. The van der Waals surface area contributed by atoms with Gasteiger partial charge in [-0.2, -0.15) is 0 Å². The Hall–Kier alpha value is -2.23. The molecule has 4 nitrogen and oxygen atoms in total. The number of rotatable bonds is 2. The van der Waals surface area contributed by atoms with Gasteiger partial charge in [-0.1, -0.05) is 12.1 Å². The van der Waals surface area contributed by atoms with E-state index in [2.05, 4.69) is 9.97 Å². The smallest absolute Gasteiger partial charge is 0.248 e. The minimum atomic E-state index is -0.442. The highest BCUT2D eigenvalue weighted by atomic mass is 16.1. The number of carbonyl (C=O) groups is 1. The van der Waals surface area contributed by atoms with Gasteiger partial charge in [0, 0.05) is 17.3 Å². The lowest BCUT2D eigenvalue weighted by molar-refractivity contribution is 0.100. The molecule has 1 heterocycles. The van der Waals surface area contributed by atoms with Gasteiger partial charge in [0.1, 0.15) is 0 Å². The second-order valence-corrected chi connectivity index (χ2v) is 3.49. The summed E-state index contributed by atoms with van der Waals surface area (Å²) in [5, 5.41) is 0. The van der Waals surface area contributed by atoms with E-state index in [0.29, 0.717) is 5.56 Å². The van der Waals surface area contributed by atoms with Gasteiger partial charge >= 0.3 is 0 Å². The monoisotopic (exact) mass is 213 g/mol. The second kappa shape index (κ2) is 4.10. The van der Waals surface area contributed by atoms with E-state index in [1.807, 2.05) is 13.0 Å². The molecule has 1 aromatic carbocycles. The number of benzene rings is 1. The fourth-order valence-electron chi connectivity index (χ4n) is 1.43. The molecule has 1 aromatic heterocycles. The van der Waals surface area contributed by atoms with E-state index in [1.165, 1.54) is 0 Å². The van der Waals surface area contributed by atoms with Crippen molar-refractivity contribution >= 4 is 5.91 Å². The maximum atomic E-state index is 11.0. The fraction of sp³-hybridized carbons (Fsp3) is 0.0833. The molecule has 2 aromatic rings. The molecule has 4 heteroatoms. The Balaban J connectivity index is 2.48. The summed E-state index contributed by atoms with van der Waals surface area (Å²) in [5.41, 5.74) is 8.10. The van der Waals surface area contributed by atoms with Crippen molar-refractivity contribution < 1.29 is 4.79 Å². The predicted molar refractivity (Wildman–Crippen MR) is 60.7 cm³/mol. The SMILES string of the molecule is Cc1cncc(-c2cccc(C(N)=O)c2)n1. The van der Waals surface area contributed by atoms with Gasteiger partial charge in [-0.3, -0.25) is 9.78 Å². The summed E-state index contributed by atoms with van der Waals surface area (Å²) in [6.07, 6.45) is 3.34. The summed E-state index contributed by atoms with van der Waals surface area (Å²) in [4.78, 5) is 19.4. The van der Waals surface area contributed by atoms with Crippen LogP contribution in [0, 0.1) is 6.92 Å². The number of nitrogens with zero attached hydrogens (tertiary/aromatic N) is 2. The van der Waals surface area contributed by atoms with Crippen molar-refractivity contribution in [3.05, 3.63) is 47.9 Å². The van der Waals surface area contributed by atoms with E-state index < -0.39 is 5.91 Å². The van der Waals surface area contributed by atoms with Crippen LogP contribution in [0.25, 0.3) is 11.3 Å². The van der Waals surface area contributed by atoms with Crippen molar-refractivity contribution in [3.8, 4) is 11.3 Å². The van der Waals surface area contributed by atoms with Crippen LogP contribution in [0.1, 0.15) is 16.1 Å². The maximum absolute atomic E-state index is 11.0. The summed E-state index contributed by atoms with van der Waals surface area (Å²) in [7, 11) is 0. The lowest BCUT2D eigenvalue weighted by atomic mass is 10.1. The summed E-state index contributed by atoms with van der Waals surface area (Å²) in [5.74, 6) is -0.442. The van der Waals surface area contributed by atoms with Crippen LogP contribution in [0.15, 0.2) is 36.7 Å². The third-order valence-corrected chi connectivity index (χ3v) is 2.20. The van der Waals surface area contributed by atoms with Crippen LogP contribution >= 0.6 is 0 Å². The first-order valence-electron chi connectivity index (χ1n) is 4.86. The van der Waals surface area contributed by atoms with Crippen LogP contribution in [0.4, 0.5) is 0 Å². The molecule has 0 atom stereocenters. The van der Waals surface area contributed by atoms with Gasteiger partial charge < -0.3 is 5.73 Å². The number of nitrogens with two attached hydrogens (primary N) is 1. The predicted octanol–water partition coefficient (Wildman–Crippen LogP) is 1.55. The van der Waals surface area contributed by atoms with E-state index in [-0.39, 0.29) is 0 Å². The average molecular weight is 213 g/mol. The highest BCUT2D eigenvalue weighted by Crippen LogP contribution is 2.17. The van der Waals surface area contributed by atoms with E-state index in [0.717, 1.165) is 17.0 Å². The summed E-state index contributed by atoms with van der Waals surface area (Å²) in [6.45, 7) is 1.87. The van der Waals surface area contributed by atoms with Crippen LogP contribution < -0.4 is 5.73 Å². The van der Waals surface area contributed by atoms with E-state index in [4.69, 9.17) is 5.73 Å². The number of aromatic nitrogens is 2. The van der Waals surface area contributed by atoms with E-state index in [9.17, 15) is 4.79 Å². The molecule has 0 spiro atoms. The van der Waals surface area contributed by atoms with Gasteiger partial charge in [-0.15, -0.1) is 0 Å². The van der Waals surface area contributed by atoms with Gasteiger partial charge in [0.2, 0.25) is 5.91 Å². The first kappa shape index (κ1) is 10.3. The molecule has 0 bridgehead atoms. The Morgan fingerprint density at radius 3 is 2.81 bits per heavy atom. The molecular formula is C12H11N3O. The number of hydrogen-bond donors (Lipinski definition) is 1. The van der Waals surface area contributed by atoms with E-state index in [1.54, 1.807) is 30.6 Å². The summed E-state index contributed by atoms with van der Waals surface area (Å²) < 4.78 is 0. The van der Waals surface area contributed by atoms with Crippen molar-refractivity contribution in [1.82, 2.24) is 9.97 Å². The van der Waals surface area contributed by atoms with Crippen LogP contribution in [-0.2, 0) is 0 Å². The molecule has 0 saturated heterocycles. The Bertz CT molecular complexity index is 537. The Morgan fingerprint density at radius 1 is 1.31 bits per heavy atom. The second-order valence-electron chi connectivity index (χ2n) is 3.49.